The number of hydrogen-bond donors (Lipinski definition) is 1. The van der Waals surface area contributed by atoms with E-state index in [2.05, 4.69) is 16.9 Å². The minimum absolute atomic E-state index is 0.0690. The van der Waals surface area contributed by atoms with Gasteiger partial charge in [0.05, 0.1) is 15.4 Å². The van der Waals surface area contributed by atoms with Gasteiger partial charge < -0.3 is 5.32 Å². The monoisotopic (exact) mass is 272 g/mol. The highest BCUT2D eigenvalue weighted by atomic mass is 32.1. The number of hydrogen-bond acceptors (Lipinski definition) is 3. The van der Waals surface area contributed by atoms with Crippen molar-refractivity contribution in [3.63, 3.8) is 0 Å². The van der Waals surface area contributed by atoms with Crippen LogP contribution in [-0.4, -0.2) is 17.4 Å². The largest absolute Gasteiger partial charge is 0.348 e. The van der Waals surface area contributed by atoms with E-state index in [4.69, 9.17) is 0 Å². The maximum atomic E-state index is 11.8. The molecule has 0 saturated heterocycles. The SMILES string of the molecule is C=CCNC(=O)c1ccc(-c2cc(C)cc(C)n2)s1. The van der Waals surface area contributed by atoms with E-state index in [0.717, 1.165) is 16.3 Å². The van der Waals surface area contributed by atoms with Crippen LogP contribution in [0.5, 0.6) is 0 Å². The fraction of sp³-hybridized carbons (Fsp3) is 0.200. The van der Waals surface area contributed by atoms with Crippen LogP contribution in [0.1, 0.15) is 20.9 Å². The van der Waals surface area contributed by atoms with Crippen LogP contribution in [0.15, 0.2) is 36.9 Å². The Bertz CT molecular complexity index is 596. The average molecular weight is 272 g/mol. The summed E-state index contributed by atoms with van der Waals surface area (Å²) in [7, 11) is 0. The van der Waals surface area contributed by atoms with Gasteiger partial charge in [-0.25, -0.2) is 0 Å². The van der Waals surface area contributed by atoms with E-state index in [-0.39, 0.29) is 5.91 Å². The Morgan fingerprint density at radius 2 is 2.21 bits per heavy atom. The van der Waals surface area contributed by atoms with Gasteiger partial charge in [0.2, 0.25) is 0 Å². The van der Waals surface area contributed by atoms with Gasteiger partial charge in [-0.3, -0.25) is 9.78 Å². The predicted molar refractivity (Wildman–Crippen MR) is 79.6 cm³/mol. The number of amides is 1. The molecule has 0 aliphatic carbocycles. The van der Waals surface area contributed by atoms with Crippen molar-refractivity contribution in [3.05, 3.63) is 53.1 Å². The molecule has 0 aliphatic rings. The summed E-state index contributed by atoms with van der Waals surface area (Å²) in [4.78, 5) is 18.0. The summed E-state index contributed by atoms with van der Waals surface area (Å²) < 4.78 is 0. The van der Waals surface area contributed by atoms with E-state index in [1.807, 2.05) is 38.1 Å². The maximum absolute atomic E-state index is 11.8. The van der Waals surface area contributed by atoms with Gasteiger partial charge in [0.15, 0.2) is 0 Å². The molecule has 0 aromatic carbocycles. The van der Waals surface area contributed by atoms with E-state index < -0.39 is 0 Å². The van der Waals surface area contributed by atoms with Crippen LogP contribution in [0.2, 0.25) is 0 Å². The molecule has 2 aromatic rings. The Kier molecular flexibility index (Phi) is 4.12. The number of carbonyl (C=O) groups is 1. The van der Waals surface area contributed by atoms with Crippen molar-refractivity contribution in [1.82, 2.24) is 10.3 Å². The number of carbonyl (C=O) groups excluding carboxylic acids is 1. The Morgan fingerprint density at radius 3 is 2.89 bits per heavy atom. The summed E-state index contributed by atoms with van der Waals surface area (Å²) in [6.07, 6.45) is 1.66. The van der Waals surface area contributed by atoms with Gasteiger partial charge in [-0.2, -0.15) is 0 Å². The third-order valence-electron chi connectivity index (χ3n) is 2.59. The molecule has 3 nitrogen and oxygen atoms in total. The highest BCUT2D eigenvalue weighted by Crippen LogP contribution is 2.27. The Balaban J connectivity index is 2.25. The molecule has 0 bridgehead atoms. The summed E-state index contributed by atoms with van der Waals surface area (Å²) in [5, 5.41) is 2.77. The molecule has 0 saturated carbocycles. The summed E-state index contributed by atoms with van der Waals surface area (Å²) >= 11 is 1.45. The lowest BCUT2D eigenvalue weighted by Crippen LogP contribution is -2.21. The first kappa shape index (κ1) is 13.5. The molecular weight excluding hydrogens is 256 g/mol. The van der Waals surface area contributed by atoms with E-state index >= 15 is 0 Å². The van der Waals surface area contributed by atoms with Crippen LogP contribution in [-0.2, 0) is 0 Å². The second kappa shape index (κ2) is 5.80. The lowest BCUT2D eigenvalue weighted by atomic mass is 10.2. The van der Waals surface area contributed by atoms with Crippen molar-refractivity contribution in [2.45, 2.75) is 13.8 Å². The highest BCUT2D eigenvalue weighted by molar-refractivity contribution is 7.17. The topological polar surface area (TPSA) is 42.0 Å². The van der Waals surface area contributed by atoms with Crippen molar-refractivity contribution >= 4 is 17.2 Å². The van der Waals surface area contributed by atoms with Crippen LogP contribution >= 0.6 is 11.3 Å². The number of aryl methyl sites for hydroxylation is 2. The molecule has 2 heterocycles. The molecule has 1 amide bonds. The standard InChI is InChI=1S/C15H16N2OS/c1-4-7-16-15(18)14-6-5-13(19-14)12-9-10(2)8-11(3)17-12/h4-6,8-9H,1,7H2,2-3H3,(H,16,18). The predicted octanol–water partition coefficient (Wildman–Crippen LogP) is 3.34. The number of thiophene rings is 1. The minimum atomic E-state index is -0.0690. The summed E-state index contributed by atoms with van der Waals surface area (Å²) in [6.45, 7) is 8.08. The quantitative estimate of drug-likeness (QED) is 0.867. The Labute approximate surface area is 117 Å². The van der Waals surface area contributed by atoms with Gasteiger partial charge in [-0.1, -0.05) is 6.08 Å². The van der Waals surface area contributed by atoms with Crippen LogP contribution in [0.4, 0.5) is 0 Å². The number of nitrogens with one attached hydrogen (secondary N) is 1. The van der Waals surface area contributed by atoms with Crippen LogP contribution in [0.25, 0.3) is 10.6 Å². The molecule has 2 aromatic heterocycles. The van der Waals surface area contributed by atoms with E-state index in [1.54, 1.807) is 6.08 Å². The second-order valence-electron chi connectivity index (χ2n) is 4.33. The van der Waals surface area contributed by atoms with E-state index in [0.29, 0.717) is 11.4 Å². The molecule has 2 rings (SSSR count). The van der Waals surface area contributed by atoms with Crippen molar-refractivity contribution in [1.29, 1.82) is 0 Å². The Hall–Kier alpha value is -1.94. The fourth-order valence-electron chi connectivity index (χ4n) is 1.82. The first-order valence-electron chi connectivity index (χ1n) is 6.05. The number of nitrogens with zero attached hydrogens (tertiary/aromatic N) is 1. The molecule has 0 spiro atoms. The molecule has 0 unspecified atom stereocenters. The normalized spacial score (nSPS) is 10.2. The molecule has 0 aliphatic heterocycles. The smallest absolute Gasteiger partial charge is 0.261 e. The molecule has 0 atom stereocenters. The van der Waals surface area contributed by atoms with E-state index in [9.17, 15) is 4.79 Å². The molecule has 98 valence electrons. The second-order valence-corrected chi connectivity index (χ2v) is 5.42. The van der Waals surface area contributed by atoms with Gasteiger partial charge in [0.25, 0.3) is 5.91 Å². The van der Waals surface area contributed by atoms with Gasteiger partial charge >= 0.3 is 0 Å². The third kappa shape index (κ3) is 3.29. The number of aromatic nitrogens is 1. The zero-order chi connectivity index (χ0) is 13.8. The first-order valence-corrected chi connectivity index (χ1v) is 6.86. The summed E-state index contributed by atoms with van der Waals surface area (Å²) in [5.74, 6) is -0.0690. The summed E-state index contributed by atoms with van der Waals surface area (Å²) in [6, 6.07) is 7.84. The van der Waals surface area contributed by atoms with Crippen LogP contribution in [0, 0.1) is 13.8 Å². The van der Waals surface area contributed by atoms with Crippen molar-refractivity contribution in [3.8, 4) is 10.6 Å². The zero-order valence-corrected chi connectivity index (χ0v) is 11.9. The van der Waals surface area contributed by atoms with E-state index in [1.165, 1.54) is 16.9 Å². The van der Waals surface area contributed by atoms with Crippen molar-refractivity contribution in [2.75, 3.05) is 6.54 Å². The minimum Gasteiger partial charge on any atom is -0.348 e. The lowest BCUT2D eigenvalue weighted by Gasteiger charge is -2.01. The first-order chi connectivity index (χ1) is 9.10. The van der Waals surface area contributed by atoms with Crippen molar-refractivity contribution in [2.24, 2.45) is 0 Å². The Morgan fingerprint density at radius 1 is 1.42 bits per heavy atom. The fourth-order valence-corrected chi connectivity index (χ4v) is 2.70. The van der Waals surface area contributed by atoms with Gasteiger partial charge in [-0.05, 0) is 43.7 Å². The van der Waals surface area contributed by atoms with Gasteiger partial charge in [0.1, 0.15) is 0 Å². The van der Waals surface area contributed by atoms with Crippen molar-refractivity contribution < 1.29 is 4.79 Å². The van der Waals surface area contributed by atoms with Crippen LogP contribution in [0.3, 0.4) is 0 Å². The maximum Gasteiger partial charge on any atom is 0.261 e. The van der Waals surface area contributed by atoms with Crippen LogP contribution < -0.4 is 5.32 Å². The molecule has 0 fully saturated rings. The average Bonchev–Trinajstić information content (AvgIpc) is 2.84. The zero-order valence-electron chi connectivity index (χ0n) is 11.1. The third-order valence-corrected chi connectivity index (χ3v) is 3.69. The highest BCUT2D eigenvalue weighted by Gasteiger charge is 2.10. The van der Waals surface area contributed by atoms with Gasteiger partial charge in [0, 0.05) is 12.2 Å². The molecule has 19 heavy (non-hydrogen) atoms. The molecule has 0 radical (unpaired) electrons. The number of pyridine rings is 1. The number of rotatable bonds is 4. The molecule has 4 heteroatoms. The molecular formula is C15H16N2OS. The summed E-state index contributed by atoms with van der Waals surface area (Å²) in [5.41, 5.74) is 3.08. The molecule has 1 N–H and O–H groups in total. The van der Waals surface area contributed by atoms with Gasteiger partial charge in [-0.15, -0.1) is 17.9 Å². The lowest BCUT2D eigenvalue weighted by molar-refractivity contribution is 0.0962.